The number of esters is 1. The van der Waals surface area contributed by atoms with Crippen molar-refractivity contribution in [3.63, 3.8) is 0 Å². The number of ether oxygens (including phenoxy) is 1. The van der Waals surface area contributed by atoms with Crippen LogP contribution >= 0.6 is 15.9 Å². The molecule has 0 amide bonds. The molecule has 0 saturated heterocycles. The standard InChI is InChI=1S/C14H20BrNO4S/c1-4-11-9-12(15)6-7-13(11)21(18,19)16-10(3)8-14(17)20-5-2/h6-7,9-10,16H,4-5,8H2,1-3H3. The molecule has 21 heavy (non-hydrogen) atoms. The molecule has 0 saturated carbocycles. The maximum Gasteiger partial charge on any atom is 0.307 e. The summed E-state index contributed by atoms with van der Waals surface area (Å²) >= 11 is 3.33. The van der Waals surface area contributed by atoms with Crippen LogP contribution in [0, 0.1) is 0 Å². The Morgan fingerprint density at radius 1 is 1.38 bits per heavy atom. The van der Waals surface area contributed by atoms with E-state index in [1.165, 1.54) is 0 Å². The number of nitrogens with one attached hydrogen (secondary N) is 1. The van der Waals surface area contributed by atoms with Crippen LogP contribution in [0.1, 0.15) is 32.8 Å². The fraction of sp³-hybridized carbons (Fsp3) is 0.500. The van der Waals surface area contributed by atoms with Crippen molar-refractivity contribution in [3.8, 4) is 0 Å². The lowest BCUT2D eigenvalue weighted by atomic mass is 10.2. The van der Waals surface area contributed by atoms with Gasteiger partial charge in [0.25, 0.3) is 0 Å². The Balaban J connectivity index is 2.89. The number of carbonyl (C=O) groups is 1. The first kappa shape index (κ1) is 18.1. The molecule has 0 aliphatic heterocycles. The zero-order chi connectivity index (χ0) is 16.0. The molecular formula is C14H20BrNO4S. The molecule has 7 heteroatoms. The molecule has 0 heterocycles. The van der Waals surface area contributed by atoms with Crippen LogP contribution in [-0.2, 0) is 26.0 Å². The maximum atomic E-state index is 12.4. The van der Waals surface area contributed by atoms with Crippen molar-refractivity contribution in [2.45, 2.75) is 44.6 Å². The summed E-state index contributed by atoms with van der Waals surface area (Å²) in [6.07, 6.45) is 0.604. The number of sulfonamides is 1. The van der Waals surface area contributed by atoms with Crippen molar-refractivity contribution < 1.29 is 17.9 Å². The highest BCUT2D eigenvalue weighted by atomic mass is 79.9. The smallest absolute Gasteiger partial charge is 0.307 e. The fourth-order valence-corrected chi connectivity index (χ4v) is 3.87. The van der Waals surface area contributed by atoms with Crippen molar-refractivity contribution in [1.29, 1.82) is 0 Å². The fourth-order valence-electron chi connectivity index (χ4n) is 1.93. The molecular weight excluding hydrogens is 358 g/mol. The van der Waals surface area contributed by atoms with Gasteiger partial charge in [0.15, 0.2) is 0 Å². The predicted molar refractivity (Wildman–Crippen MR) is 84.6 cm³/mol. The van der Waals surface area contributed by atoms with E-state index in [1.807, 2.05) is 6.92 Å². The molecule has 0 radical (unpaired) electrons. The second kappa shape index (κ2) is 7.91. The van der Waals surface area contributed by atoms with Gasteiger partial charge < -0.3 is 4.74 Å². The van der Waals surface area contributed by atoms with Gasteiger partial charge in [0.1, 0.15) is 0 Å². The molecule has 1 aromatic rings. The molecule has 0 fully saturated rings. The van der Waals surface area contributed by atoms with Crippen molar-refractivity contribution in [3.05, 3.63) is 28.2 Å². The summed E-state index contributed by atoms with van der Waals surface area (Å²) in [7, 11) is -3.66. The Kier molecular flexibility index (Phi) is 6.83. The number of halogens is 1. The van der Waals surface area contributed by atoms with Crippen LogP contribution in [0.5, 0.6) is 0 Å². The molecule has 1 atom stereocenters. The van der Waals surface area contributed by atoms with Gasteiger partial charge in [-0.15, -0.1) is 0 Å². The first-order valence-corrected chi connectivity index (χ1v) is 9.04. The third kappa shape index (κ3) is 5.41. The summed E-state index contributed by atoms with van der Waals surface area (Å²) in [5.74, 6) is -0.417. The number of aryl methyl sites for hydroxylation is 1. The first-order chi connectivity index (χ1) is 9.80. The summed E-state index contributed by atoms with van der Waals surface area (Å²) in [6, 6.07) is 4.50. The van der Waals surface area contributed by atoms with Gasteiger partial charge >= 0.3 is 5.97 Å². The molecule has 0 aromatic heterocycles. The van der Waals surface area contributed by atoms with E-state index < -0.39 is 22.0 Å². The molecule has 0 aliphatic rings. The van der Waals surface area contributed by atoms with E-state index in [0.29, 0.717) is 6.42 Å². The van der Waals surface area contributed by atoms with E-state index in [0.717, 1.165) is 10.0 Å². The van der Waals surface area contributed by atoms with Gasteiger partial charge in [-0.3, -0.25) is 4.79 Å². The molecule has 0 aliphatic carbocycles. The normalized spacial score (nSPS) is 13.0. The van der Waals surface area contributed by atoms with Crippen LogP contribution in [0.4, 0.5) is 0 Å². The third-order valence-corrected chi connectivity index (χ3v) is 5.01. The Morgan fingerprint density at radius 2 is 2.05 bits per heavy atom. The van der Waals surface area contributed by atoms with Gasteiger partial charge in [-0.05, 0) is 44.0 Å². The molecule has 1 rings (SSSR count). The largest absolute Gasteiger partial charge is 0.466 e. The van der Waals surface area contributed by atoms with E-state index in [2.05, 4.69) is 20.7 Å². The van der Waals surface area contributed by atoms with E-state index in [4.69, 9.17) is 4.74 Å². The number of benzene rings is 1. The minimum atomic E-state index is -3.66. The quantitative estimate of drug-likeness (QED) is 0.741. The summed E-state index contributed by atoms with van der Waals surface area (Å²) in [5, 5.41) is 0. The van der Waals surface area contributed by atoms with Crippen LogP contribution < -0.4 is 4.72 Å². The van der Waals surface area contributed by atoms with Crippen molar-refractivity contribution in [2.24, 2.45) is 0 Å². The van der Waals surface area contributed by atoms with Gasteiger partial charge in [0.05, 0.1) is 17.9 Å². The molecule has 0 bridgehead atoms. The number of rotatable bonds is 7. The van der Waals surface area contributed by atoms with Crippen molar-refractivity contribution in [2.75, 3.05) is 6.61 Å². The van der Waals surface area contributed by atoms with Crippen LogP contribution in [0.3, 0.4) is 0 Å². The van der Waals surface area contributed by atoms with Crippen molar-refractivity contribution >= 4 is 31.9 Å². The van der Waals surface area contributed by atoms with Crippen LogP contribution in [0.25, 0.3) is 0 Å². The Morgan fingerprint density at radius 3 is 2.62 bits per heavy atom. The molecule has 1 aromatic carbocycles. The lowest BCUT2D eigenvalue weighted by Crippen LogP contribution is -2.35. The minimum absolute atomic E-state index is 0.00502. The average molecular weight is 378 g/mol. The highest BCUT2D eigenvalue weighted by molar-refractivity contribution is 9.10. The van der Waals surface area contributed by atoms with Gasteiger partial charge in [-0.2, -0.15) is 0 Å². The van der Waals surface area contributed by atoms with Gasteiger partial charge in [-0.1, -0.05) is 22.9 Å². The van der Waals surface area contributed by atoms with Gasteiger partial charge in [0.2, 0.25) is 10.0 Å². The highest BCUT2D eigenvalue weighted by Gasteiger charge is 2.22. The monoisotopic (exact) mass is 377 g/mol. The Labute approximate surface area is 134 Å². The lowest BCUT2D eigenvalue weighted by Gasteiger charge is -2.15. The van der Waals surface area contributed by atoms with Gasteiger partial charge in [0, 0.05) is 10.5 Å². The molecule has 1 unspecified atom stereocenters. The number of hydrogen-bond donors (Lipinski definition) is 1. The summed E-state index contributed by atoms with van der Waals surface area (Å²) in [6.45, 7) is 5.52. The topological polar surface area (TPSA) is 72.5 Å². The van der Waals surface area contributed by atoms with E-state index in [-0.39, 0.29) is 17.9 Å². The van der Waals surface area contributed by atoms with E-state index >= 15 is 0 Å². The average Bonchev–Trinajstić information content (AvgIpc) is 2.37. The molecule has 1 N–H and O–H groups in total. The predicted octanol–water partition coefficient (Wildman–Crippen LogP) is 2.63. The zero-order valence-electron chi connectivity index (χ0n) is 12.3. The first-order valence-electron chi connectivity index (χ1n) is 6.76. The van der Waals surface area contributed by atoms with Gasteiger partial charge in [-0.25, -0.2) is 13.1 Å². The molecule has 5 nitrogen and oxygen atoms in total. The SMILES string of the molecule is CCOC(=O)CC(C)NS(=O)(=O)c1ccc(Br)cc1CC. The maximum absolute atomic E-state index is 12.4. The molecule has 0 spiro atoms. The van der Waals surface area contributed by atoms with Crippen LogP contribution in [0.15, 0.2) is 27.6 Å². The minimum Gasteiger partial charge on any atom is -0.466 e. The lowest BCUT2D eigenvalue weighted by molar-refractivity contribution is -0.143. The third-order valence-electron chi connectivity index (χ3n) is 2.83. The molecule has 118 valence electrons. The second-order valence-electron chi connectivity index (χ2n) is 4.64. The van der Waals surface area contributed by atoms with Crippen LogP contribution in [-0.4, -0.2) is 27.0 Å². The van der Waals surface area contributed by atoms with Crippen LogP contribution in [0.2, 0.25) is 0 Å². The number of carbonyl (C=O) groups excluding carboxylic acids is 1. The van der Waals surface area contributed by atoms with E-state index in [1.54, 1.807) is 32.0 Å². The second-order valence-corrected chi connectivity index (χ2v) is 7.24. The Hall–Kier alpha value is -0.920. The van der Waals surface area contributed by atoms with Crippen molar-refractivity contribution in [1.82, 2.24) is 4.72 Å². The summed E-state index contributed by atoms with van der Waals surface area (Å²) < 4.78 is 32.9. The number of hydrogen-bond acceptors (Lipinski definition) is 4. The van der Waals surface area contributed by atoms with E-state index in [9.17, 15) is 13.2 Å². The Bertz CT molecular complexity index is 601. The zero-order valence-corrected chi connectivity index (χ0v) is 14.8. The highest BCUT2D eigenvalue weighted by Crippen LogP contribution is 2.21. The summed E-state index contributed by atoms with van der Waals surface area (Å²) in [4.78, 5) is 11.6. The summed E-state index contributed by atoms with van der Waals surface area (Å²) in [5.41, 5.74) is 0.722.